The van der Waals surface area contributed by atoms with E-state index in [1.165, 1.54) is 12.0 Å². The minimum Gasteiger partial charge on any atom is -0.479 e. The summed E-state index contributed by atoms with van der Waals surface area (Å²) in [5.74, 6) is 0.0543. The summed E-state index contributed by atoms with van der Waals surface area (Å²) in [7, 11) is 1.31. The summed E-state index contributed by atoms with van der Waals surface area (Å²) < 4.78 is 10.1. The van der Waals surface area contributed by atoms with Gasteiger partial charge in [0, 0.05) is 12.2 Å². The highest BCUT2D eigenvalue weighted by molar-refractivity contribution is 5.94. The van der Waals surface area contributed by atoms with Gasteiger partial charge in [-0.15, -0.1) is 0 Å². The van der Waals surface area contributed by atoms with E-state index in [1.807, 2.05) is 13.0 Å². The van der Waals surface area contributed by atoms with Crippen molar-refractivity contribution in [1.82, 2.24) is 10.2 Å². The summed E-state index contributed by atoms with van der Waals surface area (Å²) in [6.45, 7) is 3.97. The maximum absolute atomic E-state index is 12.3. The van der Waals surface area contributed by atoms with Crippen molar-refractivity contribution in [3.63, 3.8) is 0 Å². The first kappa shape index (κ1) is 17.3. The molecule has 0 radical (unpaired) electrons. The summed E-state index contributed by atoms with van der Waals surface area (Å²) >= 11 is 0. The Kier molecular flexibility index (Phi) is 5.42. The number of nitrogens with one attached hydrogen (secondary N) is 1. The molecule has 1 aromatic carbocycles. The molecule has 1 heterocycles. The number of ether oxygens (including phenoxy) is 2. The Bertz CT molecular complexity index is 704. The Labute approximate surface area is 140 Å². The molecule has 7 nitrogen and oxygen atoms in total. The lowest BCUT2D eigenvalue weighted by atomic mass is 9.95. The maximum atomic E-state index is 12.3. The zero-order chi connectivity index (χ0) is 17.7. The fourth-order valence-electron chi connectivity index (χ4n) is 2.66. The molecule has 1 N–H and O–H groups in total. The quantitative estimate of drug-likeness (QED) is 0.836. The van der Waals surface area contributed by atoms with Gasteiger partial charge in [0.25, 0.3) is 0 Å². The molecular formula is C17H19N3O4. The van der Waals surface area contributed by atoms with E-state index in [0.717, 1.165) is 5.56 Å². The Morgan fingerprint density at radius 2 is 2.04 bits per heavy atom. The molecule has 126 valence electrons. The highest BCUT2D eigenvalue weighted by atomic mass is 16.5. The second-order valence-electron chi connectivity index (χ2n) is 5.13. The number of hydrogen-bond donors (Lipinski definition) is 1. The number of amides is 2. The second kappa shape index (κ2) is 7.51. The van der Waals surface area contributed by atoms with Gasteiger partial charge in [-0.05, 0) is 31.5 Å². The number of urea groups is 1. The van der Waals surface area contributed by atoms with Crippen LogP contribution in [0.2, 0.25) is 0 Å². The molecule has 1 aliphatic heterocycles. The molecule has 2 rings (SSSR count). The lowest BCUT2D eigenvalue weighted by Gasteiger charge is -2.34. The molecule has 1 aliphatic rings. The van der Waals surface area contributed by atoms with Crippen LogP contribution in [0.3, 0.4) is 0 Å². The predicted molar refractivity (Wildman–Crippen MR) is 85.9 cm³/mol. The normalized spacial score (nSPS) is 17.2. The highest BCUT2D eigenvalue weighted by Gasteiger charge is 2.35. The van der Waals surface area contributed by atoms with E-state index in [2.05, 4.69) is 5.32 Å². The van der Waals surface area contributed by atoms with Crippen LogP contribution in [0, 0.1) is 11.3 Å². The van der Waals surface area contributed by atoms with E-state index in [9.17, 15) is 9.59 Å². The van der Waals surface area contributed by atoms with Gasteiger partial charge in [-0.3, -0.25) is 4.90 Å². The van der Waals surface area contributed by atoms with Crippen molar-refractivity contribution in [2.24, 2.45) is 0 Å². The van der Waals surface area contributed by atoms with Gasteiger partial charge in [-0.1, -0.05) is 12.1 Å². The molecule has 7 heteroatoms. The zero-order valence-corrected chi connectivity index (χ0v) is 13.8. The Morgan fingerprint density at radius 3 is 2.58 bits per heavy atom. The van der Waals surface area contributed by atoms with Crippen molar-refractivity contribution in [1.29, 1.82) is 5.26 Å². The number of nitrogens with zero attached hydrogens (tertiary/aromatic N) is 2. The van der Waals surface area contributed by atoms with E-state index in [1.54, 1.807) is 31.2 Å². The molecule has 0 saturated carbocycles. The predicted octanol–water partition coefficient (Wildman–Crippen LogP) is 2.12. The van der Waals surface area contributed by atoms with Crippen LogP contribution >= 0.6 is 0 Å². The van der Waals surface area contributed by atoms with Crippen LogP contribution < -0.4 is 10.1 Å². The fraction of sp³-hybridized carbons (Fsp3) is 0.353. The lowest BCUT2D eigenvalue weighted by Crippen LogP contribution is -2.47. The number of allylic oxidation sites excluding steroid dienone is 1. The first-order valence-corrected chi connectivity index (χ1v) is 7.50. The minimum absolute atomic E-state index is 0.0443. The Hall–Kier alpha value is -3.01. The second-order valence-corrected chi connectivity index (χ2v) is 5.13. The van der Waals surface area contributed by atoms with E-state index in [-0.39, 0.29) is 12.6 Å². The average molecular weight is 329 g/mol. The van der Waals surface area contributed by atoms with Crippen LogP contribution in [-0.4, -0.2) is 37.2 Å². The number of esters is 1. The van der Waals surface area contributed by atoms with Gasteiger partial charge in [0.05, 0.1) is 18.7 Å². The Morgan fingerprint density at radius 1 is 1.38 bits per heavy atom. The van der Waals surface area contributed by atoms with E-state index in [0.29, 0.717) is 23.6 Å². The van der Waals surface area contributed by atoms with E-state index in [4.69, 9.17) is 14.7 Å². The molecular weight excluding hydrogens is 310 g/mol. The summed E-state index contributed by atoms with van der Waals surface area (Å²) in [5, 5.41) is 11.4. The van der Waals surface area contributed by atoms with E-state index < -0.39 is 12.0 Å². The summed E-state index contributed by atoms with van der Waals surface area (Å²) in [4.78, 5) is 26.0. The average Bonchev–Trinajstić information content (AvgIpc) is 2.59. The van der Waals surface area contributed by atoms with Crippen LogP contribution in [0.5, 0.6) is 5.75 Å². The summed E-state index contributed by atoms with van der Waals surface area (Å²) in [6, 6.07) is 7.90. The minimum atomic E-state index is -0.599. The fourth-order valence-corrected chi connectivity index (χ4v) is 2.66. The van der Waals surface area contributed by atoms with Crippen LogP contribution in [0.1, 0.15) is 25.5 Å². The third-order valence-corrected chi connectivity index (χ3v) is 3.83. The lowest BCUT2D eigenvalue weighted by molar-refractivity contribution is -0.136. The smallest absolute Gasteiger partial charge is 0.337 e. The number of methoxy groups -OCH3 is 1. The first-order valence-electron chi connectivity index (χ1n) is 7.50. The van der Waals surface area contributed by atoms with Crippen LogP contribution in [0.4, 0.5) is 4.79 Å². The van der Waals surface area contributed by atoms with Gasteiger partial charge in [0.2, 0.25) is 0 Å². The monoisotopic (exact) mass is 329 g/mol. The van der Waals surface area contributed by atoms with Gasteiger partial charge in [0.15, 0.2) is 6.61 Å². The Balaban J connectivity index is 2.39. The molecule has 0 aromatic heterocycles. The van der Waals surface area contributed by atoms with Crippen molar-refractivity contribution in [2.45, 2.75) is 19.9 Å². The largest absolute Gasteiger partial charge is 0.479 e. The van der Waals surface area contributed by atoms with Crippen LogP contribution in [0.15, 0.2) is 35.5 Å². The summed E-state index contributed by atoms with van der Waals surface area (Å²) in [6.07, 6.45) is 0. The van der Waals surface area contributed by atoms with Crippen LogP contribution in [-0.2, 0) is 9.53 Å². The highest BCUT2D eigenvalue weighted by Crippen LogP contribution is 2.31. The van der Waals surface area contributed by atoms with Gasteiger partial charge in [-0.25, -0.2) is 9.59 Å². The molecule has 2 amide bonds. The van der Waals surface area contributed by atoms with Gasteiger partial charge >= 0.3 is 12.0 Å². The van der Waals surface area contributed by atoms with Crippen molar-refractivity contribution in [3.05, 3.63) is 41.1 Å². The first-order chi connectivity index (χ1) is 11.5. The molecule has 0 fully saturated rings. The topological polar surface area (TPSA) is 91.7 Å². The van der Waals surface area contributed by atoms with Gasteiger partial charge < -0.3 is 14.8 Å². The van der Waals surface area contributed by atoms with Gasteiger partial charge in [-0.2, -0.15) is 5.26 Å². The van der Waals surface area contributed by atoms with Crippen molar-refractivity contribution < 1.29 is 19.1 Å². The van der Waals surface area contributed by atoms with Crippen LogP contribution in [0.25, 0.3) is 0 Å². The molecule has 0 aliphatic carbocycles. The molecule has 1 aromatic rings. The van der Waals surface area contributed by atoms with E-state index >= 15 is 0 Å². The number of carbonyl (C=O) groups excluding carboxylic acids is 2. The third-order valence-electron chi connectivity index (χ3n) is 3.83. The number of rotatable bonds is 5. The number of nitriles is 1. The standard InChI is InChI=1S/C17H19N3O4/c1-4-20-11(2)14(16(21)23-3)15(19-17(20)22)12-5-7-13(8-6-12)24-10-9-18/h5-8,15H,4,10H2,1-3H3,(H,19,22)/t15-/m1/s1. The number of carbonyl (C=O) groups is 2. The van der Waals surface area contributed by atoms with Crippen molar-refractivity contribution in [3.8, 4) is 11.8 Å². The number of hydrogen-bond acceptors (Lipinski definition) is 5. The van der Waals surface area contributed by atoms with Crippen molar-refractivity contribution >= 4 is 12.0 Å². The molecule has 1 atom stereocenters. The van der Waals surface area contributed by atoms with Crippen molar-refractivity contribution in [2.75, 3.05) is 20.3 Å². The van der Waals surface area contributed by atoms with Gasteiger partial charge in [0.1, 0.15) is 11.8 Å². The summed E-state index contributed by atoms with van der Waals surface area (Å²) in [5.41, 5.74) is 1.69. The SMILES string of the molecule is CCN1C(=O)N[C@H](c2ccc(OCC#N)cc2)C(C(=O)OC)=C1C. The molecule has 0 bridgehead atoms. The third kappa shape index (κ3) is 3.33. The molecule has 0 saturated heterocycles. The molecule has 0 unspecified atom stereocenters. The maximum Gasteiger partial charge on any atom is 0.337 e. The zero-order valence-electron chi connectivity index (χ0n) is 13.8. The molecule has 24 heavy (non-hydrogen) atoms. The number of benzene rings is 1. The molecule has 0 spiro atoms.